The predicted octanol–water partition coefficient (Wildman–Crippen LogP) is 4.85. The summed E-state index contributed by atoms with van der Waals surface area (Å²) in [5.74, 6) is 0.416. The minimum atomic E-state index is -0.167. The maximum absolute atomic E-state index is 14.3. The number of Topliss-reactive ketones (excluding diaryl/α,β-unsaturated/α-hetero) is 1. The van der Waals surface area contributed by atoms with Crippen molar-refractivity contribution < 1.29 is 9.18 Å². The minimum absolute atomic E-state index is 0.0492. The number of fused-ring (bicyclic) bond motifs is 3. The fourth-order valence-electron chi connectivity index (χ4n) is 3.85. The fourth-order valence-corrected chi connectivity index (χ4v) is 3.85. The number of halogens is 1. The molecular weight excluding hydrogens is 289 g/mol. The van der Waals surface area contributed by atoms with Gasteiger partial charge in [-0.3, -0.25) is 4.79 Å². The van der Waals surface area contributed by atoms with Crippen molar-refractivity contribution in [3.8, 4) is 0 Å². The molecule has 4 rings (SSSR count). The summed E-state index contributed by atoms with van der Waals surface area (Å²) in [7, 11) is 0. The van der Waals surface area contributed by atoms with Crippen LogP contribution >= 0.6 is 0 Å². The van der Waals surface area contributed by atoms with Crippen molar-refractivity contribution in [3.05, 3.63) is 77.1 Å². The largest absolute Gasteiger partial charge is 0.378 e. The molecule has 116 valence electrons. The number of benzene rings is 2. The molecule has 1 heterocycles. The molecule has 2 aromatic carbocycles. The lowest BCUT2D eigenvalue weighted by molar-refractivity contribution is 0.101. The first-order valence-electron chi connectivity index (χ1n) is 7.97. The van der Waals surface area contributed by atoms with E-state index in [1.165, 1.54) is 6.07 Å². The number of rotatable bonds is 2. The number of hydrogen-bond acceptors (Lipinski definition) is 2. The molecule has 23 heavy (non-hydrogen) atoms. The molecule has 2 aromatic rings. The molecule has 2 nitrogen and oxygen atoms in total. The highest BCUT2D eigenvalue weighted by Gasteiger charge is 2.38. The van der Waals surface area contributed by atoms with Gasteiger partial charge in [0.2, 0.25) is 0 Å². The summed E-state index contributed by atoms with van der Waals surface area (Å²) in [6.45, 7) is 1.59. The molecule has 3 atom stereocenters. The van der Waals surface area contributed by atoms with Gasteiger partial charge in [0.05, 0.1) is 6.04 Å². The third-order valence-electron chi connectivity index (χ3n) is 5.01. The second kappa shape index (κ2) is 5.34. The van der Waals surface area contributed by atoms with Crippen molar-refractivity contribution in [2.24, 2.45) is 5.92 Å². The number of anilines is 1. The highest BCUT2D eigenvalue weighted by Crippen LogP contribution is 2.50. The molecule has 0 radical (unpaired) electrons. The number of carbonyl (C=O) groups excluding carboxylic acids is 1. The SMILES string of the molecule is CC(=O)c1ccc2c(c1)[C@@H]1C=CC[C@@H]1[C@H](c1ccccc1F)N2. The molecule has 3 heteroatoms. The van der Waals surface area contributed by atoms with E-state index in [4.69, 9.17) is 0 Å². The Labute approximate surface area is 135 Å². The fraction of sp³-hybridized carbons (Fsp3) is 0.250. The highest BCUT2D eigenvalue weighted by atomic mass is 19.1. The third-order valence-corrected chi connectivity index (χ3v) is 5.01. The van der Waals surface area contributed by atoms with E-state index in [1.54, 1.807) is 13.0 Å². The van der Waals surface area contributed by atoms with E-state index < -0.39 is 0 Å². The second-order valence-electron chi connectivity index (χ2n) is 6.36. The van der Waals surface area contributed by atoms with Gasteiger partial charge in [0.15, 0.2) is 5.78 Å². The van der Waals surface area contributed by atoms with Gasteiger partial charge in [0.1, 0.15) is 5.82 Å². The Hall–Kier alpha value is -2.42. The maximum Gasteiger partial charge on any atom is 0.159 e. The Balaban J connectivity index is 1.81. The Morgan fingerprint density at radius 3 is 2.78 bits per heavy atom. The smallest absolute Gasteiger partial charge is 0.159 e. The zero-order valence-electron chi connectivity index (χ0n) is 12.9. The van der Waals surface area contributed by atoms with E-state index in [0.29, 0.717) is 5.56 Å². The molecule has 0 saturated carbocycles. The number of ketones is 1. The van der Waals surface area contributed by atoms with E-state index >= 15 is 0 Å². The van der Waals surface area contributed by atoms with Crippen LogP contribution in [0, 0.1) is 11.7 Å². The number of allylic oxidation sites excluding steroid dienone is 2. The van der Waals surface area contributed by atoms with Crippen LogP contribution in [0.15, 0.2) is 54.6 Å². The summed E-state index contributed by atoms with van der Waals surface area (Å²) >= 11 is 0. The Bertz CT molecular complexity index is 811. The van der Waals surface area contributed by atoms with E-state index in [9.17, 15) is 9.18 Å². The summed E-state index contributed by atoms with van der Waals surface area (Å²) in [5, 5.41) is 3.50. The molecule has 0 fully saturated rings. The molecular formula is C20H18FNO. The van der Waals surface area contributed by atoms with Crippen molar-refractivity contribution in [3.63, 3.8) is 0 Å². The van der Waals surface area contributed by atoms with Gasteiger partial charge in [-0.25, -0.2) is 4.39 Å². The minimum Gasteiger partial charge on any atom is -0.378 e. The monoisotopic (exact) mass is 307 g/mol. The van der Waals surface area contributed by atoms with Gasteiger partial charge in [-0.2, -0.15) is 0 Å². The van der Waals surface area contributed by atoms with Crippen LogP contribution in [0.5, 0.6) is 0 Å². The Morgan fingerprint density at radius 1 is 1.17 bits per heavy atom. The second-order valence-corrected chi connectivity index (χ2v) is 6.36. The Morgan fingerprint density at radius 2 is 2.00 bits per heavy atom. The Kier molecular flexibility index (Phi) is 3.29. The zero-order chi connectivity index (χ0) is 16.0. The number of carbonyl (C=O) groups is 1. The van der Waals surface area contributed by atoms with Crippen LogP contribution in [0.1, 0.15) is 46.8 Å². The molecule has 1 aliphatic carbocycles. The first kappa shape index (κ1) is 14.2. The van der Waals surface area contributed by atoms with Crippen molar-refractivity contribution in [2.75, 3.05) is 5.32 Å². The average Bonchev–Trinajstić information content (AvgIpc) is 3.04. The van der Waals surface area contributed by atoms with Gasteiger partial charge < -0.3 is 5.32 Å². The number of nitrogens with one attached hydrogen (secondary N) is 1. The van der Waals surface area contributed by atoms with Gasteiger partial charge in [-0.1, -0.05) is 30.4 Å². The van der Waals surface area contributed by atoms with Crippen LogP contribution in [-0.2, 0) is 0 Å². The molecule has 2 aliphatic rings. The van der Waals surface area contributed by atoms with Gasteiger partial charge in [0, 0.05) is 22.7 Å². The van der Waals surface area contributed by atoms with Crippen molar-refractivity contribution >= 4 is 11.5 Å². The average molecular weight is 307 g/mol. The van der Waals surface area contributed by atoms with E-state index in [0.717, 1.165) is 23.2 Å². The number of hydrogen-bond donors (Lipinski definition) is 1. The van der Waals surface area contributed by atoms with Crippen LogP contribution in [0.3, 0.4) is 0 Å². The summed E-state index contributed by atoms with van der Waals surface area (Å²) in [6, 6.07) is 12.7. The lowest BCUT2D eigenvalue weighted by atomic mass is 9.76. The van der Waals surface area contributed by atoms with Crippen LogP contribution in [0.25, 0.3) is 0 Å². The van der Waals surface area contributed by atoms with Crippen molar-refractivity contribution in [1.82, 2.24) is 0 Å². The first-order valence-corrected chi connectivity index (χ1v) is 7.97. The van der Waals surface area contributed by atoms with Crippen LogP contribution < -0.4 is 5.32 Å². The summed E-state index contributed by atoms with van der Waals surface area (Å²) in [4.78, 5) is 11.7. The highest BCUT2D eigenvalue weighted by molar-refractivity contribution is 5.95. The van der Waals surface area contributed by atoms with E-state index in [1.807, 2.05) is 30.3 Å². The van der Waals surface area contributed by atoms with Crippen LogP contribution in [0.2, 0.25) is 0 Å². The van der Waals surface area contributed by atoms with Gasteiger partial charge in [-0.05, 0) is 49.1 Å². The third kappa shape index (κ3) is 2.27. The van der Waals surface area contributed by atoms with Gasteiger partial charge >= 0.3 is 0 Å². The lowest BCUT2D eigenvalue weighted by Crippen LogP contribution is -2.29. The summed E-state index contributed by atoms with van der Waals surface area (Å²) in [6.07, 6.45) is 5.28. The molecule has 0 bridgehead atoms. The lowest BCUT2D eigenvalue weighted by Gasteiger charge is -2.37. The normalized spacial score (nSPS) is 24.7. The molecule has 0 amide bonds. The van der Waals surface area contributed by atoms with Gasteiger partial charge in [-0.15, -0.1) is 0 Å². The topological polar surface area (TPSA) is 29.1 Å². The maximum atomic E-state index is 14.3. The van der Waals surface area contributed by atoms with E-state index in [-0.39, 0.29) is 29.5 Å². The van der Waals surface area contributed by atoms with Crippen LogP contribution in [-0.4, -0.2) is 5.78 Å². The molecule has 0 spiro atoms. The molecule has 0 unspecified atom stereocenters. The van der Waals surface area contributed by atoms with Crippen molar-refractivity contribution in [2.45, 2.75) is 25.3 Å². The first-order chi connectivity index (χ1) is 11.1. The summed E-state index contributed by atoms with van der Waals surface area (Å²) in [5.41, 5.74) is 3.58. The quantitative estimate of drug-likeness (QED) is 0.634. The molecule has 0 saturated heterocycles. The van der Waals surface area contributed by atoms with Crippen LogP contribution in [0.4, 0.5) is 10.1 Å². The molecule has 0 aromatic heterocycles. The van der Waals surface area contributed by atoms with Gasteiger partial charge in [0.25, 0.3) is 0 Å². The van der Waals surface area contributed by atoms with Crippen molar-refractivity contribution in [1.29, 1.82) is 0 Å². The summed E-state index contributed by atoms with van der Waals surface area (Å²) < 4.78 is 14.3. The van der Waals surface area contributed by atoms with E-state index in [2.05, 4.69) is 17.5 Å². The predicted molar refractivity (Wildman–Crippen MR) is 89.2 cm³/mol. The molecule has 1 aliphatic heterocycles. The standard InChI is InChI=1S/C20H18FNO/c1-12(23)13-9-10-19-17(11-13)14-6-4-7-15(14)20(22-19)16-5-2-3-8-18(16)21/h2-6,8-11,14-15,20,22H,7H2,1H3/t14-,15+,20-/m1/s1. The molecule has 1 N–H and O–H groups in total. The zero-order valence-corrected chi connectivity index (χ0v) is 12.9.